The molecule has 0 radical (unpaired) electrons. The molecule has 0 aromatic heterocycles. The van der Waals surface area contributed by atoms with E-state index in [1.54, 1.807) is 6.08 Å². The Morgan fingerprint density at radius 1 is 1.53 bits per heavy atom. The Morgan fingerprint density at radius 2 is 2.06 bits per heavy atom. The zero-order valence-corrected chi connectivity index (χ0v) is 12.1. The lowest BCUT2D eigenvalue weighted by Crippen LogP contribution is -2.73. The molecule has 1 saturated heterocycles. The van der Waals surface area contributed by atoms with E-state index in [-0.39, 0.29) is 17.0 Å². The van der Waals surface area contributed by atoms with Crippen LogP contribution in [0.15, 0.2) is 17.8 Å². The third-order valence-electron chi connectivity index (χ3n) is 3.97. The first-order valence-electron chi connectivity index (χ1n) is 5.68. The van der Waals surface area contributed by atoms with Crippen molar-refractivity contribution in [2.45, 2.75) is 51.0 Å². The number of carbonyl (C=O) groups is 1. The van der Waals surface area contributed by atoms with Crippen molar-refractivity contribution in [2.75, 3.05) is 0 Å². The molecule has 1 aliphatic rings. The number of azide groups is 1. The second kappa shape index (κ2) is 4.20. The molecular formula is C11H20N4OSi. The van der Waals surface area contributed by atoms with Crippen LogP contribution in [0.5, 0.6) is 0 Å². The molecule has 0 N–H and O–H groups in total. The van der Waals surface area contributed by atoms with E-state index in [2.05, 4.69) is 50.5 Å². The summed E-state index contributed by atoms with van der Waals surface area (Å²) in [4.78, 5) is 14.8. The maximum Gasteiger partial charge on any atom is 0.226 e. The maximum absolute atomic E-state index is 12.1. The molecule has 94 valence electrons. The van der Waals surface area contributed by atoms with Gasteiger partial charge in [0, 0.05) is 4.91 Å². The summed E-state index contributed by atoms with van der Waals surface area (Å²) in [6, 6.07) is -0.731. The van der Waals surface area contributed by atoms with Crippen LogP contribution in [-0.2, 0) is 4.79 Å². The summed E-state index contributed by atoms with van der Waals surface area (Å²) in [6.45, 7) is 14.5. The Kier molecular flexibility index (Phi) is 3.41. The SMILES string of the molecule is C=CC1C(N=[N+]=[N-])C(=O)N1[Si](C)(C)C(C)(C)C. The fourth-order valence-corrected chi connectivity index (χ4v) is 4.31. The molecule has 1 heterocycles. The number of amides is 1. The molecule has 6 heteroatoms. The molecule has 0 aliphatic carbocycles. The standard InChI is InChI=1S/C11H20N4OSi/c1-7-8-9(13-14-12)10(16)15(8)17(5,6)11(2,3)4/h7-9H,1H2,2-6H3. The van der Waals surface area contributed by atoms with Crippen molar-refractivity contribution in [2.24, 2.45) is 5.11 Å². The molecule has 0 spiro atoms. The number of carbonyl (C=O) groups excluding carboxylic acids is 1. The van der Waals surface area contributed by atoms with Gasteiger partial charge in [0.2, 0.25) is 5.91 Å². The molecule has 1 fully saturated rings. The molecule has 0 saturated carbocycles. The first-order chi connectivity index (χ1) is 7.68. The maximum atomic E-state index is 12.1. The van der Waals surface area contributed by atoms with E-state index in [0.717, 1.165) is 0 Å². The van der Waals surface area contributed by atoms with Crippen molar-refractivity contribution in [1.29, 1.82) is 0 Å². The van der Waals surface area contributed by atoms with E-state index in [1.165, 1.54) is 0 Å². The Hall–Kier alpha value is -1.26. The Balaban J connectivity index is 3.06. The van der Waals surface area contributed by atoms with Crippen LogP contribution in [0.25, 0.3) is 10.4 Å². The summed E-state index contributed by atoms with van der Waals surface area (Å²) in [5.74, 6) is -0.0562. The van der Waals surface area contributed by atoms with Crippen molar-refractivity contribution in [1.82, 2.24) is 4.57 Å². The van der Waals surface area contributed by atoms with Crippen LogP contribution in [0.2, 0.25) is 18.1 Å². The third-order valence-corrected chi connectivity index (χ3v) is 9.36. The van der Waals surface area contributed by atoms with Crippen LogP contribution in [0.1, 0.15) is 20.8 Å². The topological polar surface area (TPSA) is 69.1 Å². The van der Waals surface area contributed by atoms with Crippen molar-refractivity contribution < 1.29 is 4.79 Å². The van der Waals surface area contributed by atoms with Crippen molar-refractivity contribution in [3.05, 3.63) is 23.1 Å². The quantitative estimate of drug-likeness (QED) is 0.190. The zero-order valence-electron chi connectivity index (χ0n) is 11.1. The molecule has 2 atom stereocenters. The minimum Gasteiger partial charge on any atom is -0.362 e. The Bertz CT molecular complexity index is 393. The number of hydrogen-bond acceptors (Lipinski definition) is 2. The highest BCUT2D eigenvalue weighted by Crippen LogP contribution is 2.43. The predicted molar refractivity (Wildman–Crippen MR) is 71.0 cm³/mol. The summed E-state index contributed by atoms with van der Waals surface area (Å²) in [5, 5.41) is 3.62. The molecule has 0 aromatic carbocycles. The smallest absolute Gasteiger partial charge is 0.226 e. The van der Waals surface area contributed by atoms with E-state index >= 15 is 0 Å². The van der Waals surface area contributed by atoms with Gasteiger partial charge in [-0.3, -0.25) is 4.79 Å². The Labute approximate surface area is 103 Å². The summed E-state index contributed by atoms with van der Waals surface area (Å²) in [7, 11) is -1.91. The number of nitrogens with zero attached hydrogens (tertiary/aromatic N) is 4. The molecule has 2 unspecified atom stereocenters. The number of hydrogen-bond donors (Lipinski definition) is 0. The van der Waals surface area contributed by atoms with E-state index in [1.807, 2.05) is 4.57 Å². The van der Waals surface area contributed by atoms with E-state index < -0.39 is 14.3 Å². The average molecular weight is 252 g/mol. The molecule has 1 amide bonds. The van der Waals surface area contributed by atoms with Gasteiger partial charge in [-0.1, -0.05) is 45.1 Å². The second-order valence-corrected chi connectivity index (χ2v) is 11.0. The van der Waals surface area contributed by atoms with E-state index in [0.29, 0.717) is 0 Å². The minimum atomic E-state index is -1.91. The predicted octanol–water partition coefficient (Wildman–Crippen LogP) is 3.07. The largest absolute Gasteiger partial charge is 0.362 e. The van der Waals surface area contributed by atoms with Crippen molar-refractivity contribution in [3.63, 3.8) is 0 Å². The number of β-lactam (4-membered cyclic amide) rings is 1. The lowest BCUT2D eigenvalue weighted by Gasteiger charge is -2.56. The first-order valence-corrected chi connectivity index (χ1v) is 8.63. The van der Waals surface area contributed by atoms with Crippen molar-refractivity contribution >= 4 is 14.1 Å². The van der Waals surface area contributed by atoms with Crippen LogP contribution in [0, 0.1) is 0 Å². The van der Waals surface area contributed by atoms with Gasteiger partial charge in [-0.2, -0.15) is 0 Å². The molecule has 1 aliphatic heterocycles. The molecular weight excluding hydrogens is 232 g/mol. The summed E-state index contributed by atoms with van der Waals surface area (Å²) in [6.07, 6.45) is 1.71. The second-order valence-electron chi connectivity index (χ2n) is 5.89. The third kappa shape index (κ3) is 1.98. The monoisotopic (exact) mass is 252 g/mol. The molecule has 0 aromatic rings. The zero-order chi connectivity index (χ0) is 13.4. The van der Waals surface area contributed by atoms with Gasteiger partial charge in [0.05, 0.1) is 6.04 Å². The summed E-state index contributed by atoms with van der Waals surface area (Å²) < 4.78 is 1.90. The highest BCUT2D eigenvalue weighted by Gasteiger charge is 2.55. The minimum absolute atomic E-state index is 0.0562. The lowest BCUT2D eigenvalue weighted by atomic mass is 10.0. The van der Waals surface area contributed by atoms with Gasteiger partial charge in [-0.15, -0.1) is 6.58 Å². The van der Waals surface area contributed by atoms with Gasteiger partial charge in [-0.25, -0.2) is 0 Å². The van der Waals surface area contributed by atoms with Crippen LogP contribution in [-0.4, -0.2) is 30.8 Å². The fraction of sp³-hybridized carbons (Fsp3) is 0.727. The van der Waals surface area contributed by atoms with Crippen LogP contribution in [0.3, 0.4) is 0 Å². The fourth-order valence-electron chi connectivity index (χ4n) is 1.91. The van der Waals surface area contributed by atoms with Gasteiger partial charge < -0.3 is 4.57 Å². The molecule has 5 nitrogen and oxygen atoms in total. The molecule has 17 heavy (non-hydrogen) atoms. The molecule has 0 bridgehead atoms. The average Bonchev–Trinajstić information content (AvgIpc) is 2.19. The van der Waals surface area contributed by atoms with Crippen LogP contribution >= 0.6 is 0 Å². The van der Waals surface area contributed by atoms with Gasteiger partial charge >= 0.3 is 0 Å². The summed E-state index contributed by atoms with van der Waals surface area (Å²) >= 11 is 0. The number of rotatable bonds is 3. The van der Waals surface area contributed by atoms with Crippen LogP contribution in [0.4, 0.5) is 0 Å². The van der Waals surface area contributed by atoms with Crippen LogP contribution < -0.4 is 0 Å². The van der Waals surface area contributed by atoms with Gasteiger partial charge in [0.25, 0.3) is 0 Å². The van der Waals surface area contributed by atoms with Gasteiger partial charge in [0.15, 0.2) is 8.24 Å². The first kappa shape index (κ1) is 13.8. The summed E-state index contributed by atoms with van der Waals surface area (Å²) in [5.41, 5.74) is 8.45. The lowest BCUT2D eigenvalue weighted by molar-refractivity contribution is -0.139. The highest BCUT2D eigenvalue weighted by molar-refractivity contribution is 6.80. The highest BCUT2D eigenvalue weighted by atomic mass is 28.3. The molecule has 1 rings (SSSR count). The van der Waals surface area contributed by atoms with Crippen molar-refractivity contribution in [3.8, 4) is 0 Å². The van der Waals surface area contributed by atoms with Gasteiger partial charge in [-0.05, 0) is 10.6 Å². The normalized spacial score (nSPS) is 25.0. The van der Waals surface area contributed by atoms with Gasteiger partial charge in [0.1, 0.15) is 6.04 Å². The van der Waals surface area contributed by atoms with E-state index in [9.17, 15) is 4.79 Å². The Morgan fingerprint density at radius 3 is 2.41 bits per heavy atom. The van der Waals surface area contributed by atoms with E-state index in [4.69, 9.17) is 5.53 Å².